The number of carbonyl (C=O) groups excluding carboxylic acids is 1. The Hall–Kier alpha value is -2.74. The van der Waals surface area contributed by atoms with Gasteiger partial charge in [0.25, 0.3) is 0 Å². The first-order valence-electron chi connectivity index (χ1n) is 8.28. The SMILES string of the molecule is O=C(Nc1ccc(F)c(Cl)c1)[C@@H]1CCCN(c2ccc3nncn3n2)C1. The van der Waals surface area contributed by atoms with Crippen molar-refractivity contribution < 1.29 is 9.18 Å². The molecule has 4 rings (SSSR count). The van der Waals surface area contributed by atoms with Crippen molar-refractivity contribution in [2.45, 2.75) is 12.8 Å². The molecule has 1 saturated heterocycles. The molecule has 1 aliphatic heterocycles. The number of fused-ring (bicyclic) bond motifs is 1. The predicted molar refractivity (Wildman–Crippen MR) is 95.8 cm³/mol. The van der Waals surface area contributed by atoms with Gasteiger partial charge in [0.2, 0.25) is 5.91 Å². The average molecular weight is 375 g/mol. The first kappa shape index (κ1) is 16.7. The van der Waals surface area contributed by atoms with Crippen LogP contribution in [0.3, 0.4) is 0 Å². The second kappa shape index (κ2) is 6.87. The first-order chi connectivity index (χ1) is 12.6. The summed E-state index contributed by atoms with van der Waals surface area (Å²) in [6.45, 7) is 1.38. The van der Waals surface area contributed by atoms with Gasteiger partial charge in [-0.2, -0.15) is 4.52 Å². The van der Waals surface area contributed by atoms with E-state index in [1.165, 1.54) is 18.2 Å². The second-order valence-electron chi connectivity index (χ2n) is 6.23. The molecule has 1 amide bonds. The third-order valence-corrected chi connectivity index (χ3v) is 4.74. The quantitative estimate of drug-likeness (QED) is 0.763. The summed E-state index contributed by atoms with van der Waals surface area (Å²) in [6, 6.07) is 7.88. The van der Waals surface area contributed by atoms with Gasteiger partial charge >= 0.3 is 0 Å². The number of aromatic nitrogens is 4. The molecule has 0 radical (unpaired) electrons. The zero-order chi connectivity index (χ0) is 18.1. The van der Waals surface area contributed by atoms with Gasteiger partial charge in [0, 0.05) is 18.8 Å². The molecule has 1 aliphatic rings. The molecular formula is C17H16ClFN6O. The number of piperidine rings is 1. The highest BCUT2D eigenvalue weighted by Crippen LogP contribution is 2.24. The van der Waals surface area contributed by atoms with E-state index in [4.69, 9.17) is 11.6 Å². The molecule has 0 aliphatic carbocycles. The fourth-order valence-corrected chi connectivity index (χ4v) is 3.29. The van der Waals surface area contributed by atoms with Gasteiger partial charge in [-0.15, -0.1) is 15.3 Å². The summed E-state index contributed by atoms with van der Waals surface area (Å²) >= 11 is 5.77. The number of nitrogens with zero attached hydrogens (tertiary/aromatic N) is 5. The van der Waals surface area contributed by atoms with E-state index in [2.05, 4.69) is 25.5 Å². The molecule has 0 bridgehead atoms. The Kier molecular flexibility index (Phi) is 4.42. The molecule has 1 atom stereocenters. The van der Waals surface area contributed by atoms with E-state index in [-0.39, 0.29) is 16.8 Å². The summed E-state index contributed by atoms with van der Waals surface area (Å²) in [5.41, 5.74) is 1.16. The van der Waals surface area contributed by atoms with Gasteiger partial charge in [-0.25, -0.2) is 4.39 Å². The molecule has 3 heterocycles. The number of anilines is 2. The Morgan fingerprint density at radius 1 is 1.31 bits per heavy atom. The molecule has 1 aromatic carbocycles. The Morgan fingerprint density at radius 2 is 2.19 bits per heavy atom. The topological polar surface area (TPSA) is 75.4 Å². The largest absolute Gasteiger partial charge is 0.354 e. The molecular weight excluding hydrogens is 359 g/mol. The third-order valence-electron chi connectivity index (χ3n) is 4.45. The molecule has 0 spiro atoms. The number of halogens is 2. The van der Waals surface area contributed by atoms with Crippen LogP contribution in [0.15, 0.2) is 36.7 Å². The lowest BCUT2D eigenvalue weighted by Gasteiger charge is -2.32. The van der Waals surface area contributed by atoms with Crippen molar-refractivity contribution in [2.75, 3.05) is 23.3 Å². The monoisotopic (exact) mass is 374 g/mol. The summed E-state index contributed by atoms with van der Waals surface area (Å²) in [7, 11) is 0. The lowest BCUT2D eigenvalue weighted by molar-refractivity contribution is -0.120. The fourth-order valence-electron chi connectivity index (χ4n) is 3.10. The molecule has 1 fully saturated rings. The van der Waals surface area contributed by atoms with Crippen molar-refractivity contribution >= 4 is 34.7 Å². The predicted octanol–water partition coefficient (Wildman–Crippen LogP) is 2.77. The van der Waals surface area contributed by atoms with Crippen LogP contribution in [-0.2, 0) is 4.79 Å². The minimum Gasteiger partial charge on any atom is -0.354 e. The second-order valence-corrected chi connectivity index (χ2v) is 6.64. The molecule has 9 heteroatoms. The number of hydrogen-bond acceptors (Lipinski definition) is 5. The van der Waals surface area contributed by atoms with Crippen LogP contribution in [0, 0.1) is 11.7 Å². The maximum absolute atomic E-state index is 13.2. The van der Waals surface area contributed by atoms with Crippen LogP contribution in [0.25, 0.3) is 5.65 Å². The van der Waals surface area contributed by atoms with Gasteiger partial charge in [0.05, 0.1) is 10.9 Å². The van der Waals surface area contributed by atoms with Crippen LogP contribution in [0.1, 0.15) is 12.8 Å². The van der Waals surface area contributed by atoms with Crippen LogP contribution in [0.2, 0.25) is 5.02 Å². The summed E-state index contributed by atoms with van der Waals surface area (Å²) in [6.07, 6.45) is 3.21. The van der Waals surface area contributed by atoms with Crippen molar-refractivity contribution in [3.8, 4) is 0 Å². The maximum atomic E-state index is 13.2. The highest BCUT2D eigenvalue weighted by atomic mass is 35.5. The van der Waals surface area contributed by atoms with Crippen molar-refractivity contribution in [1.29, 1.82) is 0 Å². The molecule has 3 aromatic rings. The Balaban J connectivity index is 1.46. The van der Waals surface area contributed by atoms with E-state index in [1.54, 1.807) is 10.8 Å². The lowest BCUT2D eigenvalue weighted by atomic mass is 9.97. The van der Waals surface area contributed by atoms with E-state index < -0.39 is 5.82 Å². The van der Waals surface area contributed by atoms with Crippen LogP contribution in [0.4, 0.5) is 15.9 Å². The summed E-state index contributed by atoms with van der Waals surface area (Å²) in [4.78, 5) is 14.7. The minimum atomic E-state index is -0.510. The smallest absolute Gasteiger partial charge is 0.229 e. The normalized spacial score (nSPS) is 17.5. The molecule has 26 heavy (non-hydrogen) atoms. The van der Waals surface area contributed by atoms with E-state index >= 15 is 0 Å². The third kappa shape index (κ3) is 3.32. The van der Waals surface area contributed by atoms with Crippen molar-refractivity contribution in [1.82, 2.24) is 19.8 Å². The molecule has 0 unspecified atom stereocenters. The highest BCUT2D eigenvalue weighted by Gasteiger charge is 2.27. The van der Waals surface area contributed by atoms with Gasteiger partial charge < -0.3 is 10.2 Å². The zero-order valence-corrected chi connectivity index (χ0v) is 14.5. The van der Waals surface area contributed by atoms with Gasteiger partial charge in [-0.05, 0) is 43.2 Å². The zero-order valence-electron chi connectivity index (χ0n) is 13.8. The van der Waals surface area contributed by atoms with E-state index in [1.807, 2.05) is 12.1 Å². The van der Waals surface area contributed by atoms with Crippen LogP contribution >= 0.6 is 11.6 Å². The number of carbonyl (C=O) groups is 1. The number of amides is 1. The van der Waals surface area contributed by atoms with Gasteiger partial charge in [-0.3, -0.25) is 4.79 Å². The minimum absolute atomic E-state index is 0.0143. The van der Waals surface area contributed by atoms with E-state index in [0.717, 1.165) is 25.2 Å². The first-order valence-corrected chi connectivity index (χ1v) is 8.66. The number of benzene rings is 1. The highest BCUT2D eigenvalue weighted by molar-refractivity contribution is 6.31. The van der Waals surface area contributed by atoms with E-state index in [9.17, 15) is 9.18 Å². The van der Waals surface area contributed by atoms with Crippen LogP contribution < -0.4 is 10.2 Å². The van der Waals surface area contributed by atoms with Gasteiger partial charge in [0.15, 0.2) is 5.65 Å². The summed E-state index contributed by atoms with van der Waals surface area (Å²) in [5, 5.41) is 15.0. The molecule has 2 aromatic heterocycles. The lowest BCUT2D eigenvalue weighted by Crippen LogP contribution is -2.41. The molecule has 1 N–H and O–H groups in total. The van der Waals surface area contributed by atoms with Crippen LogP contribution in [-0.4, -0.2) is 38.8 Å². The summed E-state index contributed by atoms with van der Waals surface area (Å²) in [5.74, 6) is -0.0302. The van der Waals surface area contributed by atoms with Gasteiger partial charge in [-0.1, -0.05) is 11.6 Å². The van der Waals surface area contributed by atoms with E-state index in [0.29, 0.717) is 17.9 Å². The number of rotatable bonds is 3. The van der Waals surface area contributed by atoms with Crippen LogP contribution in [0.5, 0.6) is 0 Å². The molecule has 7 nitrogen and oxygen atoms in total. The molecule has 0 saturated carbocycles. The summed E-state index contributed by atoms with van der Waals surface area (Å²) < 4.78 is 14.9. The molecule has 134 valence electrons. The van der Waals surface area contributed by atoms with Crippen molar-refractivity contribution in [3.05, 3.63) is 47.5 Å². The number of nitrogens with one attached hydrogen (secondary N) is 1. The fraction of sp³-hybridized carbons (Fsp3) is 0.294. The number of hydrogen-bond donors (Lipinski definition) is 1. The maximum Gasteiger partial charge on any atom is 0.229 e. The Bertz CT molecular complexity index is 961. The Morgan fingerprint density at radius 3 is 3.04 bits per heavy atom. The Labute approximate surface area is 153 Å². The van der Waals surface area contributed by atoms with Crippen molar-refractivity contribution in [3.63, 3.8) is 0 Å². The average Bonchev–Trinajstić information content (AvgIpc) is 3.12. The van der Waals surface area contributed by atoms with Crippen molar-refractivity contribution in [2.24, 2.45) is 5.92 Å². The van der Waals surface area contributed by atoms with Gasteiger partial charge in [0.1, 0.15) is 18.0 Å². The standard InChI is InChI=1S/C17H16ClFN6O/c18-13-8-12(3-4-14(13)19)21-17(26)11-2-1-7-24(9-11)16-6-5-15-22-20-10-25(15)23-16/h3-6,8,10-11H,1-2,7,9H2,(H,21,26)/t11-/m1/s1.